The highest BCUT2D eigenvalue weighted by Crippen LogP contribution is 2.34. The Morgan fingerprint density at radius 3 is 2.15 bits per heavy atom. The molecule has 41 heavy (non-hydrogen) atoms. The largest absolute Gasteiger partial charge is 0.365 e. The minimum atomic E-state index is -3.66. The van der Waals surface area contributed by atoms with Crippen molar-refractivity contribution in [3.63, 3.8) is 0 Å². The van der Waals surface area contributed by atoms with Crippen LogP contribution in [0.15, 0.2) is 35.5 Å². The number of rotatable bonds is 7. The van der Waals surface area contributed by atoms with Crippen LogP contribution < -0.4 is 16.4 Å². The fourth-order valence-electron chi connectivity index (χ4n) is 6.17. The van der Waals surface area contributed by atoms with Crippen LogP contribution in [-0.4, -0.2) is 63.5 Å². The Morgan fingerprint density at radius 2 is 1.49 bits per heavy atom. The van der Waals surface area contributed by atoms with E-state index in [9.17, 15) is 12.8 Å². The lowest BCUT2D eigenvalue weighted by molar-refractivity contribution is 0.329. The first-order valence-corrected chi connectivity index (χ1v) is 15.6. The number of hydrogen-bond acceptors (Lipinski definition) is 8. The Balaban J connectivity index is 0.00000194. The molecule has 0 spiro atoms. The lowest BCUT2D eigenvalue weighted by Crippen LogP contribution is -2.42. The molecule has 2 aromatic heterocycles. The molecule has 1 aromatic carbocycles. The van der Waals surface area contributed by atoms with Crippen molar-refractivity contribution in [2.75, 3.05) is 23.7 Å². The van der Waals surface area contributed by atoms with Crippen molar-refractivity contribution in [2.45, 2.75) is 93.3 Å². The van der Waals surface area contributed by atoms with E-state index in [1.165, 1.54) is 41.4 Å². The number of anilines is 2. The first-order chi connectivity index (χ1) is 18.9. The molecule has 0 radical (unpaired) electrons. The third-order valence-electron chi connectivity index (χ3n) is 8.49. The number of imidazole rings is 1. The van der Waals surface area contributed by atoms with Crippen molar-refractivity contribution >= 4 is 57.8 Å². The van der Waals surface area contributed by atoms with Crippen LogP contribution in [0.5, 0.6) is 0 Å². The first-order valence-electron chi connectivity index (χ1n) is 14.2. The van der Waals surface area contributed by atoms with Gasteiger partial charge in [-0.1, -0.05) is 12.8 Å². The van der Waals surface area contributed by atoms with Crippen molar-refractivity contribution in [2.24, 2.45) is 5.73 Å². The van der Waals surface area contributed by atoms with Gasteiger partial charge in [0.25, 0.3) is 0 Å². The van der Waals surface area contributed by atoms with Gasteiger partial charge in [-0.25, -0.2) is 17.8 Å². The number of benzene rings is 1. The van der Waals surface area contributed by atoms with Crippen LogP contribution >= 0.6 is 24.8 Å². The predicted octanol–water partition coefficient (Wildman–Crippen LogP) is 4.87. The molecule has 4 N–H and O–H groups in total. The fraction of sp³-hybridized carbons (Fsp3) is 0.593. The van der Waals surface area contributed by atoms with Crippen LogP contribution in [0.25, 0.3) is 11.2 Å². The van der Waals surface area contributed by atoms with Crippen molar-refractivity contribution in [1.29, 1.82) is 0 Å². The fourth-order valence-corrected chi connectivity index (χ4v) is 7.64. The average molecular weight is 630 g/mol. The number of hydrogen-bond donors (Lipinski definition) is 3. The van der Waals surface area contributed by atoms with Crippen LogP contribution in [0.2, 0.25) is 0 Å². The molecule has 14 heteroatoms. The highest BCUT2D eigenvalue weighted by molar-refractivity contribution is 7.89. The van der Waals surface area contributed by atoms with Crippen LogP contribution in [0, 0.1) is 5.82 Å². The summed E-state index contributed by atoms with van der Waals surface area (Å²) in [6.45, 7) is 0.741. The zero-order valence-corrected chi connectivity index (χ0v) is 25.4. The second-order valence-electron chi connectivity index (χ2n) is 11.2. The van der Waals surface area contributed by atoms with E-state index in [4.69, 9.17) is 20.7 Å². The van der Waals surface area contributed by atoms with E-state index < -0.39 is 15.8 Å². The Labute approximate surface area is 253 Å². The maximum atomic E-state index is 13.3. The van der Waals surface area contributed by atoms with Gasteiger partial charge in [0.2, 0.25) is 16.0 Å². The standard InChI is InChI=1S/C27H37FN8O2S.2ClH/c28-18-5-11-23(12-6-18)39(37,38)35-15-13-21(14-16-35)31-25-24-26(36(17-30-24)22-3-1-2-4-22)34-27(33-25)32-20-9-7-19(29)8-10-20;;/h5-6,11-12,17,19-22H,1-4,7-10,13-16,29H2,(H2,31,32,33,34);2*1H/t19-,20-;;. The van der Waals surface area contributed by atoms with Crippen LogP contribution in [0.1, 0.15) is 70.3 Å². The topological polar surface area (TPSA) is 131 Å². The molecule has 0 atom stereocenters. The second-order valence-corrected chi connectivity index (χ2v) is 13.1. The number of halogens is 3. The van der Waals surface area contributed by atoms with Gasteiger partial charge in [0, 0.05) is 37.3 Å². The lowest BCUT2D eigenvalue weighted by Gasteiger charge is -2.32. The van der Waals surface area contributed by atoms with Gasteiger partial charge in [0.1, 0.15) is 5.82 Å². The van der Waals surface area contributed by atoms with Crippen LogP contribution in [-0.2, 0) is 10.0 Å². The number of nitrogens with one attached hydrogen (secondary N) is 2. The molecule has 3 aliphatic rings. The van der Waals surface area contributed by atoms with Gasteiger partial charge < -0.3 is 20.9 Å². The van der Waals surface area contributed by atoms with E-state index in [2.05, 4.69) is 15.2 Å². The molecule has 0 unspecified atom stereocenters. The zero-order chi connectivity index (χ0) is 27.0. The maximum Gasteiger partial charge on any atom is 0.243 e. The average Bonchev–Trinajstić information content (AvgIpc) is 3.61. The summed E-state index contributed by atoms with van der Waals surface area (Å²) in [5.41, 5.74) is 7.70. The lowest BCUT2D eigenvalue weighted by atomic mass is 9.92. The molecule has 2 saturated carbocycles. The maximum absolute atomic E-state index is 13.3. The number of fused-ring (bicyclic) bond motifs is 1. The molecule has 0 bridgehead atoms. The van der Waals surface area contributed by atoms with E-state index in [-0.39, 0.29) is 47.8 Å². The number of nitrogens with two attached hydrogens (primary N) is 1. The molecular weight excluding hydrogens is 590 g/mol. The van der Waals surface area contributed by atoms with Crippen molar-refractivity contribution in [3.05, 3.63) is 36.4 Å². The van der Waals surface area contributed by atoms with Gasteiger partial charge >= 0.3 is 0 Å². The summed E-state index contributed by atoms with van der Waals surface area (Å²) in [5.74, 6) is 0.831. The number of nitrogens with zero attached hydrogens (tertiary/aromatic N) is 5. The third kappa shape index (κ3) is 6.88. The third-order valence-corrected chi connectivity index (χ3v) is 10.4. The molecule has 2 aliphatic carbocycles. The van der Waals surface area contributed by atoms with E-state index in [1.807, 2.05) is 6.33 Å². The molecule has 10 nitrogen and oxygen atoms in total. The molecule has 3 aromatic rings. The summed E-state index contributed by atoms with van der Waals surface area (Å²) in [7, 11) is -3.66. The smallest absolute Gasteiger partial charge is 0.243 e. The Hall–Kier alpha value is -2.25. The second kappa shape index (κ2) is 13.4. The predicted molar refractivity (Wildman–Crippen MR) is 163 cm³/mol. The van der Waals surface area contributed by atoms with Gasteiger partial charge in [-0.15, -0.1) is 24.8 Å². The summed E-state index contributed by atoms with van der Waals surface area (Å²) in [6.07, 6.45) is 11.8. The Bertz CT molecular complexity index is 1400. The van der Waals surface area contributed by atoms with Crippen molar-refractivity contribution < 1.29 is 12.8 Å². The Kier molecular flexibility index (Phi) is 10.3. The monoisotopic (exact) mass is 628 g/mol. The molecule has 3 fully saturated rings. The van der Waals surface area contributed by atoms with Crippen molar-refractivity contribution in [1.82, 2.24) is 23.8 Å². The summed E-state index contributed by atoms with van der Waals surface area (Å²) in [6, 6.07) is 6.00. The molecule has 226 valence electrons. The number of aromatic nitrogens is 4. The van der Waals surface area contributed by atoms with E-state index >= 15 is 0 Å². The minimum absolute atomic E-state index is 0. The molecular formula is C27H39Cl2FN8O2S. The molecule has 1 saturated heterocycles. The van der Waals surface area contributed by atoms with Gasteiger partial charge in [-0.3, -0.25) is 0 Å². The summed E-state index contributed by atoms with van der Waals surface area (Å²) < 4.78 is 43.1. The van der Waals surface area contributed by atoms with Gasteiger partial charge in [0.05, 0.1) is 11.2 Å². The number of piperidine rings is 1. The van der Waals surface area contributed by atoms with Crippen molar-refractivity contribution in [3.8, 4) is 0 Å². The zero-order valence-electron chi connectivity index (χ0n) is 22.9. The molecule has 0 amide bonds. The van der Waals surface area contributed by atoms with E-state index in [0.29, 0.717) is 43.7 Å². The summed E-state index contributed by atoms with van der Waals surface area (Å²) >= 11 is 0. The van der Waals surface area contributed by atoms with E-state index in [1.54, 1.807) is 0 Å². The highest BCUT2D eigenvalue weighted by atomic mass is 35.5. The number of sulfonamides is 1. The highest BCUT2D eigenvalue weighted by Gasteiger charge is 2.31. The van der Waals surface area contributed by atoms with Gasteiger partial charge in [-0.2, -0.15) is 14.3 Å². The molecule has 6 rings (SSSR count). The molecule has 1 aliphatic heterocycles. The van der Waals surface area contributed by atoms with Crippen LogP contribution in [0.4, 0.5) is 16.2 Å². The van der Waals surface area contributed by atoms with Gasteiger partial charge in [-0.05, 0) is 75.6 Å². The van der Waals surface area contributed by atoms with E-state index in [0.717, 1.165) is 49.7 Å². The Morgan fingerprint density at radius 1 is 0.854 bits per heavy atom. The summed E-state index contributed by atoms with van der Waals surface area (Å²) in [4.78, 5) is 14.6. The first kappa shape index (κ1) is 31.7. The molecule has 3 heterocycles. The van der Waals surface area contributed by atoms with Crippen LogP contribution in [0.3, 0.4) is 0 Å². The SMILES string of the molecule is Cl.Cl.N[C@H]1CC[C@H](Nc2nc(NC3CCN(S(=O)(=O)c4ccc(F)cc4)CC3)c3ncn(C4CCCC4)c3n2)CC1. The quantitative estimate of drug-likeness (QED) is 0.338. The van der Waals surface area contributed by atoms with Gasteiger partial charge in [0.15, 0.2) is 17.0 Å². The normalized spacial score (nSPS) is 22.7. The summed E-state index contributed by atoms with van der Waals surface area (Å²) in [5, 5.41) is 7.13. The minimum Gasteiger partial charge on any atom is -0.365 e.